The number of carboxylic acids is 1. The summed E-state index contributed by atoms with van der Waals surface area (Å²) >= 11 is 0. The van der Waals surface area contributed by atoms with E-state index in [-0.39, 0.29) is 17.8 Å². The minimum absolute atomic E-state index is 0.0683. The van der Waals surface area contributed by atoms with Crippen LogP contribution in [-0.2, 0) is 0 Å². The third kappa shape index (κ3) is 3.33. The molecule has 0 saturated carbocycles. The Balaban J connectivity index is 2.80. The van der Waals surface area contributed by atoms with E-state index >= 15 is 0 Å². The Morgan fingerprint density at radius 1 is 1.69 bits per heavy atom. The predicted octanol–water partition coefficient (Wildman–Crippen LogP) is 1.83. The summed E-state index contributed by atoms with van der Waals surface area (Å²) in [6, 6.07) is 2.97. The maximum Gasteiger partial charge on any atom is 0.338 e. The van der Waals surface area contributed by atoms with Crippen LogP contribution in [0.4, 0.5) is 0 Å². The van der Waals surface area contributed by atoms with Gasteiger partial charge in [-0.15, -0.1) is 0 Å². The summed E-state index contributed by atoms with van der Waals surface area (Å²) < 4.78 is 0. The van der Waals surface area contributed by atoms with Crippen LogP contribution in [0.5, 0.6) is 0 Å². The van der Waals surface area contributed by atoms with Crippen LogP contribution in [0.25, 0.3) is 10.4 Å². The molecule has 6 nitrogen and oxygen atoms in total. The van der Waals surface area contributed by atoms with Crippen molar-refractivity contribution in [3.8, 4) is 11.8 Å². The van der Waals surface area contributed by atoms with Crippen molar-refractivity contribution in [3.63, 3.8) is 0 Å². The Bertz CT molecular complexity index is 495. The number of azide groups is 1. The Hall–Kier alpha value is -2.51. The monoisotopic (exact) mass is 216 g/mol. The number of hydrogen-bond donors (Lipinski definition) is 1. The van der Waals surface area contributed by atoms with Gasteiger partial charge < -0.3 is 5.11 Å². The first-order valence-corrected chi connectivity index (χ1v) is 4.43. The van der Waals surface area contributed by atoms with E-state index in [1.165, 1.54) is 18.3 Å². The van der Waals surface area contributed by atoms with E-state index in [0.29, 0.717) is 6.42 Å². The first kappa shape index (κ1) is 11.6. The molecule has 1 N–H and O–H groups in total. The summed E-state index contributed by atoms with van der Waals surface area (Å²) in [6.45, 7) is 0.263. The van der Waals surface area contributed by atoms with E-state index in [1.54, 1.807) is 0 Å². The molecule has 0 aromatic carbocycles. The zero-order valence-electron chi connectivity index (χ0n) is 8.29. The highest BCUT2D eigenvalue weighted by Gasteiger charge is 2.07. The van der Waals surface area contributed by atoms with E-state index in [9.17, 15) is 4.79 Å². The van der Waals surface area contributed by atoms with Gasteiger partial charge in [0.05, 0.1) is 5.56 Å². The van der Waals surface area contributed by atoms with Crippen LogP contribution in [0.2, 0.25) is 0 Å². The minimum Gasteiger partial charge on any atom is -0.478 e. The molecule has 0 bridgehead atoms. The van der Waals surface area contributed by atoms with Gasteiger partial charge in [-0.1, -0.05) is 11.0 Å². The molecule has 1 heterocycles. The normalized spacial score (nSPS) is 8.50. The molecule has 0 spiro atoms. The zero-order valence-corrected chi connectivity index (χ0v) is 8.29. The molecule has 0 atom stereocenters. The third-order valence-electron chi connectivity index (χ3n) is 1.64. The lowest BCUT2D eigenvalue weighted by Crippen LogP contribution is -2.01. The second-order valence-electron chi connectivity index (χ2n) is 2.71. The van der Waals surface area contributed by atoms with Gasteiger partial charge in [-0.05, 0) is 23.6 Å². The van der Waals surface area contributed by atoms with Crippen molar-refractivity contribution in [2.24, 2.45) is 5.11 Å². The van der Waals surface area contributed by atoms with Gasteiger partial charge in [0.25, 0.3) is 0 Å². The zero-order chi connectivity index (χ0) is 11.8. The topological polar surface area (TPSA) is 99.0 Å². The van der Waals surface area contributed by atoms with Crippen molar-refractivity contribution in [2.75, 3.05) is 6.54 Å². The van der Waals surface area contributed by atoms with E-state index in [4.69, 9.17) is 10.6 Å². The van der Waals surface area contributed by atoms with Crippen LogP contribution in [0.1, 0.15) is 22.5 Å². The Morgan fingerprint density at radius 3 is 3.19 bits per heavy atom. The highest BCUT2D eigenvalue weighted by molar-refractivity contribution is 5.89. The molecule has 0 aliphatic carbocycles. The van der Waals surface area contributed by atoms with Crippen molar-refractivity contribution < 1.29 is 9.90 Å². The maximum absolute atomic E-state index is 10.8. The van der Waals surface area contributed by atoms with Crippen molar-refractivity contribution >= 4 is 5.97 Å². The molecule has 0 amide bonds. The fraction of sp³-hybridized carbons (Fsp3) is 0.200. The van der Waals surface area contributed by atoms with Gasteiger partial charge in [-0.25, -0.2) is 9.78 Å². The van der Waals surface area contributed by atoms with E-state index in [0.717, 1.165) is 0 Å². The van der Waals surface area contributed by atoms with Crippen molar-refractivity contribution in [1.29, 1.82) is 0 Å². The number of nitrogens with zero attached hydrogens (tertiary/aromatic N) is 4. The molecule has 80 valence electrons. The van der Waals surface area contributed by atoms with E-state index in [1.807, 2.05) is 0 Å². The Kier molecular flexibility index (Phi) is 4.38. The van der Waals surface area contributed by atoms with Crippen molar-refractivity contribution in [1.82, 2.24) is 4.98 Å². The summed E-state index contributed by atoms with van der Waals surface area (Å²) in [5.41, 5.74) is 8.31. The third-order valence-corrected chi connectivity index (χ3v) is 1.64. The number of aromatic carboxylic acids is 1. The largest absolute Gasteiger partial charge is 0.478 e. The molecule has 1 rings (SSSR count). The number of pyridine rings is 1. The van der Waals surface area contributed by atoms with Crippen LogP contribution >= 0.6 is 0 Å². The fourth-order valence-corrected chi connectivity index (χ4v) is 0.974. The van der Waals surface area contributed by atoms with Gasteiger partial charge in [0.15, 0.2) is 0 Å². The predicted molar refractivity (Wildman–Crippen MR) is 56.7 cm³/mol. The van der Waals surface area contributed by atoms with E-state index in [2.05, 4.69) is 26.9 Å². The van der Waals surface area contributed by atoms with Crippen LogP contribution in [0, 0.1) is 11.8 Å². The number of rotatable bonds is 3. The maximum atomic E-state index is 10.8. The minimum atomic E-state index is -1.06. The summed E-state index contributed by atoms with van der Waals surface area (Å²) in [4.78, 5) is 17.2. The second-order valence-corrected chi connectivity index (χ2v) is 2.71. The van der Waals surface area contributed by atoms with E-state index < -0.39 is 5.97 Å². The smallest absolute Gasteiger partial charge is 0.338 e. The lowest BCUT2D eigenvalue weighted by Gasteiger charge is -1.95. The van der Waals surface area contributed by atoms with Crippen LogP contribution in [0.15, 0.2) is 23.4 Å². The standard InChI is InChI=1S/C10H8N4O2/c11-14-13-7-2-1-5-9-8(10(15)16)4-3-6-12-9/h3-4,6H,2,7H2,(H,15,16). The number of carbonyl (C=O) groups is 1. The molecule has 0 saturated heterocycles. The molecular weight excluding hydrogens is 208 g/mol. The number of hydrogen-bond acceptors (Lipinski definition) is 3. The molecule has 0 aliphatic rings. The number of carboxylic acid groups (broad SMARTS) is 1. The molecule has 16 heavy (non-hydrogen) atoms. The molecule has 1 aromatic heterocycles. The van der Waals surface area contributed by atoms with Crippen LogP contribution in [-0.4, -0.2) is 22.6 Å². The molecule has 0 unspecified atom stereocenters. The molecule has 0 radical (unpaired) electrons. The quantitative estimate of drug-likeness (QED) is 0.274. The molecule has 0 fully saturated rings. The van der Waals surface area contributed by atoms with Crippen LogP contribution in [0.3, 0.4) is 0 Å². The highest BCUT2D eigenvalue weighted by Crippen LogP contribution is 2.03. The first-order valence-electron chi connectivity index (χ1n) is 4.43. The van der Waals surface area contributed by atoms with Crippen LogP contribution < -0.4 is 0 Å². The summed E-state index contributed by atoms with van der Waals surface area (Å²) in [5.74, 6) is 4.26. The van der Waals surface area contributed by atoms with Gasteiger partial charge in [0.1, 0.15) is 5.69 Å². The SMILES string of the molecule is [N-]=[N+]=NCCC#Cc1ncccc1C(=O)O. The van der Waals surface area contributed by atoms with Gasteiger partial charge in [0.2, 0.25) is 0 Å². The second kappa shape index (κ2) is 6.06. The molecular formula is C10H8N4O2. The average molecular weight is 216 g/mol. The fourth-order valence-electron chi connectivity index (χ4n) is 0.974. The molecule has 0 aliphatic heterocycles. The lowest BCUT2D eigenvalue weighted by atomic mass is 10.2. The van der Waals surface area contributed by atoms with Gasteiger partial charge in [-0.3, -0.25) is 0 Å². The molecule has 6 heteroatoms. The summed E-state index contributed by atoms with van der Waals surface area (Å²) in [5, 5.41) is 12.1. The molecule has 1 aromatic rings. The average Bonchev–Trinajstić information content (AvgIpc) is 2.29. The van der Waals surface area contributed by atoms with Gasteiger partial charge in [0, 0.05) is 24.1 Å². The van der Waals surface area contributed by atoms with Gasteiger partial charge in [-0.2, -0.15) is 0 Å². The lowest BCUT2D eigenvalue weighted by molar-refractivity contribution is 0.0696. The summed E-state index contributed by atoms with van der Waals surface area (Å²) in [6.07, 6.45) is 1.85. The Morgan fingerprint density at radius 2 is 2.50 bits per heavy atom. The Labute approximate surface area is 91.6 Å². The van der Waals surface area contributed by atoms with Gasteiger partial charge >= 0.3 is 5.97 Å². The van der Waals surface area contributed by atoms with Crippen molar-refractivity contribution in [2.45, 2.75) is 6.42 Å². The number of aromatic nitrogens is 1. The highest BCUT2D eigenvalue weighted by atomic mass is 16.4. The summed E-state index contributed by atoms with van der Waals surface area (Å²) in [7, 11) is 0. The van der Waals surface area contributed by atoms with Crippen molar-refractivity contribution in [3.05, 3.63) is 40.0 Å². The first-order chi connectivity index (χ1) is 7.75.